The molecule has 2 heterocycles. The van der Waals surface area contributed by atoms with Gasteiger partial charge in [0.1, 0.15) is 11.9 Å². The Balaban J connectivity index is 1.86. The number of nitrogens with zero attached hydrogens (tertiary/aromatic N) is 2. The number of benzene rings is 1. The number of para-hydroxylation sites is 1. The first kappa shape index (κ1) is 11.9. The predicted octanol–water partition coefficient (Wildman–Crippen LogP) is 2.27. The highest BCUT2D eigenvalue weighted by atomic mass is 15.0. The molecular formula is C15H16N4. The van der Waals surface area contributed by atoms with Crippen LogP contribution in [0.5, 0.6) is 0 Å². The van der Waals surface area contributed by atoms with Crippen molar-refractivity contribution in [3.63, 3.8) is 0 Å². The third-order valence-electron chi connectivity index (χ3n) is 3.52. The average molecular weight is 252 g/mol. The van der Waals surface area contributed by atoms with Crippen LogP contribution < -0.4 is 10.6 Å². The van der Waals surface area contributed by atoms with Crippen LogP contribution in [-0.4, -0.2) is 24.1 Å². The molecule has 1 aliphatic heterocycles. The van der Waals surface area contributed by atoms with Gasteiger partial charge in [0.05, 0.1) is 11.1 Å². The summed E-state index contributed by atoms with van der Waals surface area (Å²) in [6.07, 6.45) is 2.41. The van der Waals surface area contributed by atoms with Gasteiger partial charge < -0.3 is 10.6 Å². The summed E-state index contributed by atoms with van der Waals surface area (Å²) in [5.41, 5.74) is 1.53. The Hall–Kier alpha value is -2.12. The molecule has 0 bridgehead atoms. The molecule has 0 spiro atoms. The molecule has 3 rings (SSSR count). The van der Waals surface area contributed by atoms with Gasteiger partial charge in [0, 0.05) is 18.0 Å². The van der Waals surface area contributed by atoms with E-state index in [9.17, 15) is 5.26 Å². The van der Waals surface area contributed by atoms with E-state index in [1.54, 1.807) is 0 Å². The molecule has 1 aromatic heterocycles. The summed E-state index contributed by atoms with van der Waals surface area (Å²) in [5, 5.41) is 17.0. The van der Waals surface area contributed by atoms with Crippen LogP contribution in [0, 0.1) is 11.3 Å². The lowest BCUT2D eigenvalue weighted by atomic mass is 10.1. The van der Waals surface area contributed by atoms with Crippen LogP contribution in [0.3, 0.4) is 0 Å². The van der Waals surface area contributed by atoms with E-state index in [0.717, 1.165) is 24.0 Å². The second kappa shape index (κ2) is 5.25. The first-order valence-electron chi connectivity index (χ1n) is 6.64. The molecule has 1 aliphatic rings. The Bertz CT molecular complexity index is 624. The van der Waals surface area contributed by atoms with E-state index in [4.69, 9.17) is 0 Å². The van der Waals surface area contributed by atoms with Gasteiger partial charge >= 0.3 is 0 Å². The molecule has 4 nitrogen and oxygen atoms in total. The molecule has 1 fully saturated rings. The average Bonchev–Trinajstić information content (AvgIpc) is 2.97. The zero-order chi connectivity index (χ0) is 13.1. The molecule has 2 N–H and O–H groups in total. The standard InChI is InChI=1S/C15H16N4/c16-9-12-8-11-4-1-2-6-14(11)19-15(12)18-10-13-5-3-7-17-13/h1-2,4,6,8,13,17H,3,5,7,10H2,(H,18,19). The van der Waals surface area contributed by atoms with Gasteiger partial charge in [0.2, 0.25) is 0 Å². The Morgan fingerprint density at radius 3 is 3.11 bits per heavy atom. The molecule has 1 saturated heterocycles. The zero-order valence-corrected chi connectivity index (χ0v) is 10.7. The van der Waals surface area contributed by atoms with Crippen molar-refractivity contribution >= 4 is 16.7 Å². The molecule has 2 aromatic rings. The monoisotopic (exact) mass is 252 g/mol. The molecule has 0 amide bonds. The van der Waals surface area contributed by atoms with Crippen LogP contribution in [0.1, 0.15) is 18.4 Å². The lowest BCUT2D eigenvalue weighted by Crippen LogP contribution is -2.29. The van der Waals surface area contributed by atoms with E-state index < -0.39 is 0 Å². The fourth-order valence-corrected chi connectivity index (χ4v) is 2.49. The molecule has 1 atom stereocenters. The molecule has 19 heavy (non-hydrogen) atoms. The van der Waals surface area contributed by atoms with Crippen LogP contribution in [-0.2, 0) is 0 Å². The van der Waals surface area contributed by atoms with Gasteiger partial charge in [-0.3, -0.25) is 0 Å². The maximum atomic E-state index is 9.22. The zero-order valence-electron chi connectivity index (χ0n) is 10.7. The van der Waals surface area contributed by atoms with E-state index in [2.05, 4.69) is 21.7 Å². The van der Waals surface area contributed by atoms with Crippen molar-refractivity contribution in [2.45, 2.75) is 18.9 Å². The number of fused-ring (bicyclic) bond motifs is 1. The van der Waals surface area contributed by atoms with Crippen LogP contribution >= 0.6 is 0 Å². The molecule has 1 aromatic carbocycles. The largest absolute Gasteiger partial charge is 0.367 e. The fourth-order valence-electron chi connectivity index (χ4n) is 2.49. The Morgan fingerprint density at radius 1 is 1.42 bits per heavy atom. The van der Waals surface area contributed by atoms with Crippen molar-refractivity contribution in [2.75, 3.05) is 18.4 Å². The molecular weight excluding hydrogens is 236 g/mol. The van der Waals surface area contributed by atoms with Crippen molar-refractivity contribution in [3.05, 3.63) is 35.9 Å². The van der Waals surface area contributed by atoms with E-state index in [1.165, 1.54) is 12.8 Å². The highest BCUT2D eigenvalue weighted by Gasteiger charge is 2.14. The summed E-state index contributed by atoms with van der Waals surface area (Å²) in [7, 11) is 0. The highest BCUT2D eigenvalue weighted by Crippen LogP contribution is 2.20. The van der Waals surface area contributed by atoms with Crippen molar-refractivity contribution in [1.29, 1.82) is 5.26 Å². The van der Waals surface area contributed by atoms with Crippen molar-refractivity contribution < 1.29 is 0 Å². The molecule has 0 aliphatic carbocycles. The topological polar surface area (TPSA) is 60.7 Å². The lowest BCUT2D eigenvalue weighted by Gasteiger charge is -2.13. The Kier molecular flexibility index (Phi) is 3.30. The van der Waals surface area contributed by atoms with E-state index in [0.29, 0.717) is 17.4 Å². The summed E-state index contributed by atoms with van der Waals surface area (Å²) in [5.74, 6) is 0.690. The maximum absolute atomic E-state index is 9.22. The first-order valence-corrected chi connectivity index (χ1v) is 6.64. The van der Waals surface area contributed by atoms with Gasteiger partial charge in [-0.1, -0.05) is 18.2 Å². The van der Waals surface area contributed by atoms with Gasteiger partial charge in [0.15, 0.2) is 0 Å². The van der Waals surface area contributed by atoms with Gasteiger partial charge in [-0.05, 0) is 31.5 Å². The smallest absolute Gasteiger partial charge is 0.144 e. The van der Waals surface area contributed by atoms with Gasteiger partial charge in [-0.15, -0.1) is 0 Å². The van der Waals surface area contributed by atoms with E-state index in [1.807, 2.05) is 30.3 Å². The van der Waals surface area contributed by atoms with Gasteiger partial charge in [0.25, 0.3) is 0 Å². The molecule has 0 radical (unpaired) electrons. The summed E-state index contributed by atoms with van der Waals surface area (Å²) >= 11 is 0. The minimum atomic E-state index is 0.486. The van der Waals surface area contributed by atoms with E-state index >= 15 is 0 Å². The summed E-state index contributed by atoms with van der Waals surface area (Å²) < 4.78 is 0. The van der Waals surface area contributed by atoms with Crippen molar-refractivity contribution in [2.24, 2.45) is 0 Å². The van der Waals surface area contributed by atoms with Crippen molar-refractivity contribution in [3.8, 4) is 6.07 Å². The lowest BCUT2D eigenvalue weighted by molar-refractivity contribution is 0.632. The quantitative estimate of drug-likeness (QED) is 0.879. The first-order chi connectivity index (χ1) is 9.36. The normalized spacial score (nSPS) is 18.4. The SMILES string of the molecule is N#Cc1cc2ccccc2nc1NCC1CCCN1. The van der Waals surface area contributed by atoms with Crippen LogP contribution in [0.4, 0.5) is 5.82 Å². The number of hydrogen-bond donors (Lipinski definition) is 2. The Morgan fingerprint density at radius 2 is 2.32 bits per heavy atom. The minimum absolute atomic E-state index is 0.486. The number of rotatable bonds is 3. The molecule has 4 heteroatoms. The third kappa shape index (κ3) is 2.51. The predicted molar refractivity (Wildman–Crippen MR) is 76.0 cm³/mol. The number of nitrogens with one attached hydrogen (secondary N) is 2. The third-order valence-corrected chi connectivity index (χ3v) is 3.52. The highest BCUT2D eigenvalue weighted by molar-refractivity contribution is 5.82. The molecule has 1 unspecified atom stereocenters. The molecule has 96 valence electrons. The number of nitriles is 1. The molecule has 0 saturated carbocycles. The Labute approximate surface area is 112 Å². The number of hydrogen-bond acceptors (Lipinski definition) is 4. The van der Waals surface area contributed by atoms with E-state index in [-0.39, 0.29) is 0 Å². The van der Waals surface area contributed by atoms with Crippen LogP contribution in [0.2, 0.25) is 0 Å². The van der Waals surface area contributed by atoms with Gasteiger partial charge in [-0.2, -0.15) is 5.26 Å². The summed E-state index contributed by atoms with van der Waals surface area (Å²) in [6, 6.07) is 12.5. The second-order valence-corrected chi connectivity index (χ2v) is 4.86. The second-order valence-electron chi connectivity index (χ2n) is 4.86. The minimum Gasteiger partial charge on any atom is -0.367 e. The number of pyridine rings is 1. The van der Waals surface area contributed by atoms with Crippen LogP contribution in [0.15, 0.2) is 30.3 Å². The number of anilines is 1. The van der Waals surface area contributed by atoms with Crippen molar-refractivity contribution in [1.82, 2.24) is 10.3 Å². The summed E-state index contributed by atoms with van der Waals surface area (Å²) in [4.78, 5) is 4.55. The summed E-state index contributed by atoms with van der Waals surface area (Å²) in [6.45, 7) is 1.91. The van der Waals surface area contributed by atoms with Crippen LogP contribution in [0.25, 0.3) is 10.9 Å². The maximum Gasteiger partial charge on any atom is 0.144 e. The number of aromatic nitrogens is 1. The van der Waals surface area contributed by atoms with Gasteiger partial charge in [-0.25, -0.2) is 4.98 Å². The fraction of sp³-hybridized carbons (Fsp3) is 0.333.